The fraction of sp³-hybridized carbons (Fsp3) is 0.450. The van der Waals surface area contributed by atoms with Gasteiger partial charge in [-0.2, -0.15) is 0 Å². The lowest BCUT2D eigenvalue weighted by molar-refractivity contribution is -0.119. The van der Waals surface area contributed by atoms with Crippen molar-refractivity contribution in [3.05, 3.63) is 34.8 Å². The van der Waals surface area contributed by atoms with Gasteiger partial charge in [0.1, 0.15) is 16.9 Å². The summed E-state index contributed by atoms with van der Waals surface area (Å²) in [5.41, 5.74) is 2.12. The smallest absolute Gasteiger partial charge is 0.350 e. The molecular formula is C20H25N5O3S. The van der Waals surface area contributed by atoms with Crippen LogP contribution in [0.5, 0.6) is 0 Å². The first kappa shape index (κ1) is 20.9. The Hall–Kier alpha value is -2.81. The maximum Gasteiger partial charge on any atom is 0.350 e. The number of carbonyl (C=O) groups is 2. The highest BCUT2D eigenvalue weighted by Crippen LogP contribution is 2.28. The van der Waals surface area contributed by atoms with E-state index in [4.69, 9.17) is 4.74 Å². The molecule has 0 N–H and O–H groups in total. The van der Waals surface area contributed by atoms with Crippen molar-refractivity contribution in [2.45, 2.75) is 46.6 Å². The van der Waals surface area contributed by atoms with Crippen LogP contribution in [0.1, 0.15) is 48.5 Å². The molecule has 0 aliphatic heterocycles. The number of unbranched alkanes of at least 4 members (excludes halogenated alkanes) is 2. The molecule has 0 atom stereocenters. The highest BCUT2D eigenvalue weighted by molar-refractivity contribution is 7.17. The summed E-state index contributed by atoms with van der Waals surface area (Å²) in [6.45, 7) is 6.52. The molecule has 0 saturated carbocycles. The Kier molecular flexibility index (Phi) is 6.92. The summed E-state index contributed by atoms with van der Waals surface area (Å²) < 4.78 is 6.69. The molecule has 3 rings (SSSR count). The van der Waals surface area contributed by atoms with E-state index in [1.807, 2.05) is 24.3 Å². The number of benzene rings is 1. The van der Waals surface area contributed by atoms with Crippen LogP contribution in [0.4, 0.5) is 5.13 Å². The van der Waals surface area contributed by atoms with E-state index in [9.17, 15) is 9.59 Å². The summed E-state index contributed by atoms with van der Waals surface area (Å²) in [4.78, 5) is 31.9. The molecule has 0 unspecified atom stereocenters. The standard InChI is InChI=1S/C20H25N5O3S/c1-4-6-9-12-24(20-21-14(3)18(29-20)19(27)28-5-2)17(26)13-25-16-11-8-7-10-15(16)22-23-25/h7-8,10-11H,4-6,9,12-13H2,1-3H3. The molecule has 0 aliphatic rings. The molecule has 154 valence electrons. The lowest BCUT2D eigenvalue weighted by atomic mass is 10.2. The summed E-state index contributed by atoms with van der Waals surface area (Å²) >= 11 is 1.19. The monoisotopic (exact) mass is 415 g/mol. The molecule has 0 radical (unpaired) electrons. The Morgan fingerprint density at radius 2 is 2.00 bits per heavy atom. The molecule has 3 aromatic rings. The van der Waals surface area contributed by atoms with Gasteiger partial charge in [0, 0.05) is 6.54 Å². The van der Waals surface area contributed by atoms with Crippen LogP contribution in [0.2, 0.25) is 0 Å². The number of hydrogen-bond donors (Lipinski definition) is 0. The van der Waals surface area contributed by atoms with E-state index < -0.39 is 5.97 Å². The van der Waals surface area contributed by atoms with Gasteiger partial charge in [-0.15, -0.1) is 5.10 Å². The maximum atomic E-state index is 13.2. The molecular weight excluding hydrogens is 390 g/mol. The van der Waals surface area contributed by atoms with Gasteiger partial charge in [0.15, 0.2) is 5.13 Å². The second-order valence-electron chi connectivity index (χ2n) is 6.62. The number of thiazole rings is 1. The lowest BCUT2D eigenvalue weighted by Gasteiger charge is -2.20. The van der Waals surface area contributed by atoms with E-state index in [0.29, 0.717) is 28.9 Å². The number of ether oxygens (including phenoxy) is 1. The molecule has 8 nitrogen and oxygen atoms in total. The second kappa shape index (κ2) is 9.60. The molecule has 0 saturated heterocycles. The molecule has 1 aromatic carbocycles. The number of aromatic nitrogens is 4. The highest BCUT2D eigenvalue weighted by Gasteiger charge is 2.24. The van der Waals surface area contributed by atoms with Gasteiger partial charge in [0.05, 0.1) is 17.8 Å². The normalized spacial score (nSPS) is 11.0. The SMILES string of the molecule is CCCCCN(C(=O)Cn1nnc2ccccc21)c1nc(C)c(C(=O)OCC)s1. The molecule has 9 heteroatoms. The minimum Gasteiger partial charge on any atom is -0.462 e. The van der Waals surface area contributed by atoms with E-state index in [0.717, 1.165) is 30.3 Å². The second-order valence-corrected chi connectivity index (χ2v) is 7.60. The first-order valence-corrected chi connectivity index (χ1v) is 10.6. The number of anilines is 1. The maximum absolute atomic E-state index is 13.2. The lowest BCUT2D eigenvalue weighted by Crippen LogP contribution is -2.35. The Morgan fingerprint density at radius 3 is 2.76 bits per heavy atom. The van der Waals surface area contributed by atoms with Crippen molar-refractivity contribution in [2.24, 2.45) is 0 Å². The fourth-order valence-corrected chi connectivity index (χ4v) is 3.98. The van der Waals surface area contributed by atoms with Gasteiger partial charge in [0.25, 0.3) is 5.91 Å². The topological polar surface area (TPSA) is 90.2 Å². The highest BCUT2D eigenvalue weighted by atomic mass is 32.1. The zero-order valence-corrected chi connectivity index (χ0v) is 17.7. The third-order valence-corrected chi connectivity index (χ3v) is 5.63. The molecule has 1 amide bonds. The molecule has 0 aliphatic carbocycles. The van der Waals surface area contributed by atoms with Crippen molar-refractivity contribution in [3.63, 3.8) is 0 Å². The van der Waals surface area contributed by atoms with Crippen molar-refractivity contribution < 1.29 is 14.3 Å². The van der Waals surface area contributed by atoms with Crippen LogP contribution in [0.3, 0.4) is 0 Å². The van der Waals surface area contributed by atoms with Crippen molar-refractivity contribution in [3.8, 4) is 0 Å². The molecule has 2 heterocycles. The number of nitrogens with zero attached hydrogens (tertiary/aromatic N) is 5. The van der Waals surface area contributed by atoms with Crippen LogP contribution in [-0.4, -0.2) is 45.0 Å². The Balaban J connectivity index is 1.85. The van der Waals surface area contributed by atoms with Gasteiger partial charge in [-0.1, -0.05) is 48.4 Å². The summed E-state index contributed by atoms with van der Waals surface area (Å²) in [5.74, 6) is -0.544. The largest absolute Gasteiger partial charge is 0.462 e. The Bertz CT molecular complexity index is 997. The van der Waals surface area contributed by atoms with Gasteiger partial charge >= 0.3 is 5.97 Å². The van der Waals surface area contributed by atoms with Crippen molar-refractivity contribution in [1.29, 1.82) is 0 Å². The van der Waals surface area contributed by atoms with E-state index in [1.165, 1.54) is 11.3 Å². The van der Waals surface area contributed by atoms with Crippen LogP contribution in [0.25, 0.3) is 11.0 Å². The number of esters is 1. The van der Waals surface area contributed by atoms with E-state index in [2.05, 4.69) is 22.2 Å². The summed E-state index contributed by atoms with van der Waals surface area (Å²) in [6, 6.07) is 7.52. The van der Waals surface area contributed by atoms with Crippen molar-refractivity contribution in [2.75, 3.05) is 18.1 Å². The average Bonchev–Trinajstić information content (AvgIpc) is 3.29. The van der Waals surface area contributed by atoms with Gasteiger partial charge in [-0.05, 0) is 32.4 Å². The summed E-state index contributed by atoms with van der Waals surface area (Å²) in [5, 5.41) is 8.73. The average molecular weight is 416 g/mol. The summed E-state index contributed by atoms with van der Waals surface area (Å²) in [6.07, 6.45) is 2.90. The minimum atomic E-state index is -0.406. The number of fused-ring (bicyclic) bond motifs is 1. The molecule has 2 aromatic heterocycles. The van der Waals surface area contributed by atoms with Gasteiger partial charge in [0.2, 0.25) is 0 Å². The number of aryl methyl sites for hydroxylation is 1. The van der Waals surface area contributed by atoms with Crippen LogP contribution >= 0.6 is 11.3 Å². The Labute approximate surface area is 173 Å². The number of hydrogen-bond acceptors (Lipinski definition) is 7. The van der Waals surface area contributed by atoms with Crippen molar-refractivity contribution in [1.82, 2.24) is 20.0 Å². The van der Waals surface area contributed by atoms with E-state index in [-0.39, 0.29) is 12.5 Å². The van der Waals surface area contributed by atoms with Crippen LogP contribution in [0, 0.1) is 6.92 Å². The number of amides is 1. The number of carbonyl (C=O) groups excluding carboxylic acids is 2. The van der Waals surface area contributed by atoms with Crippen molar-refractivity contribution >= 4 is 39.4 Å². The van der Waals surface area contributed by atoms with Gasteiger partial charge in [-0.25, -0.2) is 14.5 Å². The van der Waals surface area contributed by atoms with Crippen LogP contribution < -0.4 is 4.90 Å². The predicted octanol–water partition coefficient (Wildman–Crippen LogP) is 3.60. The summed E-state index contributed by atoms with van der Waals surface area (Å²) in [7, 11) is 0. The molecule has 0 bridgehead atoms. The first-order chi connectivity index (χ1) is 14.0. The van der Waals surface area contributed by atoms with Gasteiger partial charge < -0.3 is 4.74 Å². The van der Waals surface area contributed by atoms with E-state index in [1.54, 1.807) is 23.4 Å². The zero-order valence-electron chi connectivity index (χ0n) is 16.9. The third-order valence-electron chi connectivity index (χ3n) is 4.47. The Morgan fingerprint density at radius 1 is 1.21 bits per heavy atom. The quantitative estimate of drug-likeness (QED) is 0.392. The van der Waals surface area contributed by atoms with E-state index >= 15 is 0 Å². The molecule has 29 heavy (non-hydrogen) atoms. The first-order valence-electron chi connectivity index (χ1n) is 9.78. The minimum absolute atomic E-state index is 0.0556. The van der Waals surface area contributed by atoms with Crippen LogP contribution in [-0.2, 0) is 16.1 Å². The molecule has 0 spiro atoms. The van der Waals surface area contributed by atoms with Gasteiger partial charge in [-0.3, -0.25) is 9.69 Å². The fourth-order valence-electron chi connectivity index (χ4n) is 2.98. The third kappa shape index (κ3) is 4.79. The number of para-hydroxylation sites is 1. The predicted molar refractivity (Wildman–Crippen MR) is 112 cm³/mol. The molecule has 0 fully saturated rings. The number of rotatable bonds is 9. The zero-order chi connectivity index (χ0) is 20.8. The van der Waals surface area contributed by atoms with Crippen LogP contribution in [0.15, 0.2) is 24.3 Å².